The van der Waals surface area contributed by atoms with E-state index < -0.39 is 0 Å². The lowest BCUT2D eigenvalue weighted by atomic mass is 10.1. The first-order valence-corrected chi connectivity index (χ1v) is 10.4. The number of rotatable bonds is 8. The topological polar surface area (TPSA) is 56.6 Å². The molecule has 0 bridgehead atoms. The van der Waals surface area contributed by atoms with Gasteiger partial charge in [0.2, 0.25) is 5.91 Å². The molecule has 0 radical (unpaired) electrons. The number of carbonyl (C=O) groups is 1. The lowest BCUT2D eigenvalue weighted by Crippen LogP contribution is -2.26. The quantitative estimate of drug-likeness (QED) is 0.541. The standard InChI is InChI=1S/C25H31N3O3/c1-17-14-23(30-5)24(31-6)15-20(17)16-27(4)25(29)13-12-22-18(2)26-28(19(22)3)21-10-8-7-9-11-21/h7-11,14-15H,12-13,16H2,1-6H3. The molecule has 0 atom stereocenters. The number of aryl methyl sites for hydroxylation is 2. The van der Waals surface area contributed by atoms with Crippen LogP contribution in [0.4, 0.5) is 0 Å². The first-order chi connectivity index (χ1) is 14.8. The molecule has 31 heavy (non-hydrogen) atoms. The number of benzene rings is 2. The molecule has 1 amide bonds. The Hall–Kier alpha value is -3.28. The monoisotopic (exact) mass is 421 g/mol. The van der Waals surface area contributed by atoms with E-state index in [1.165, 1.54) is 0 Å². The van der Waals surface area contributed by atoms with Crippen molar-refractivity contribution in [1.29, 1.82) is 0 Å². The Labute approximate surface area is 184 Å². The van der Waals surface area contributed by atoms with Crippen molar-refractivity contribution in [3.8, 4) is 17.2 Å². The minimum absolute atomic E-state index is 0.0976. The van der Waals surface area contributed by atoms with Crippen molar-refractivity contribution in [2.45, 2.75) is 40.2 Å². The normalized spacial score (nSPS) is 10.8. The predicted octanol–water partition coefficient (Wildman–Crippen LogP) is 4.41. The Kier molecular flexibility index (Phi) is 7.00. The summed E-state index contributed by atoms with van der Waals surface area (Å²) in [5, 5.41) is 4.68. The third-order valence-electron chi connectivity index (χ3n) is 5.71. The molecule has 0 fully saturated rings. The van der Waals surface area contributed by atoms with E-state index >= 15 is 0 Å². The van der Waals surface area contributed by atoms with Crippen LogP contribution in [-0.2, 0) is 17.8 Å². The molecule has 0 spiro atoms. The van der Waals surface area contributed by atoms with Crippen molar-refractivity contribution < 1.29 is 14.3 Å². The molecule has 0 aliphatic rings. The van der Waals surface area contributed by atoms with Gasteiger partial charge in [0.15, 0.2) is 11.5 Å². The van der Waals surface area contributed by atoms with E-state index in [1.807, 2.05) is 68.0 Å². The fourth-order valence-corrected chi connectivity index (χ4v) is 3.82. The summed E-state index contributed by atoms with van der Waals surface area (Å²) >= 11 is 0. The number of amides is 1. The second-order valence-corrected chi connectivity index (χ2v) is 7.78. The second kappa shape index (κ2) is 9.69. The van der Waals surface area contributed by atoms with Gasteiger partial charge in [0.1, 0.15) is 0 Å². The molecule has 164 valence electrons. The van der Waals surface area contributed by atoms with Gasteiger partial charge in [-0.15, -0.1) is 0 Å². The maximum Gasteiger partial charge on any atom is 0.222 e. The fourth-order valence-electron chi connectivity index (χ4n) is 3.82. The van der Waals surface area contributed by atoms with E-state index in [4.69, 9.17) is 9.47 Å². The van der Waals surface area contributed by atoms with Crippen molar-refractivity contribution in [2.75, 3.05) is 21.3 Å². The number of methoxy groups -OCH3 is 2. The molecule has 1 heterocycles. The zero-order chi connectivity index (χ0) is 22.5. The summed E-state index contributed by atoms with van der Waals surface area (Å²) in [6, 6.07) is 13.9. The molecule has 0 aliphatic heterocycles. The van der Waals surface area contributed by atoms with Crippen molar-refractivity contribution in [2.24, 2.45) is 0 Å². The van der Waals surface area contributed by atoms with Crippen molar-refractivity contribution >= 4 is 5.91 Å². The Balaban J connectivity index is 1.68. The van der Waals surface area contributed by atoms with Crippen molar-refractivity contribution in [3.63, 3.8) is 0 Å². The SMILES string of the molecule is COc1cc(C)c(CN(C)C(=O)CCc2c(C)nn(-c3ccccc3)c2C)cc1OC. The maximum absolute atomic E-state index is 12.9. The zero-order valence-corrected chi connectivity index (χ0v) is 19.2. The summed E-state index contributed by atoms with van der Waals surface area (Å²) in [5.74, 6) is 1.46. The summed E-state index contributed by atoms with van der Waals surface area (Å²) in [4.78, 5) is 14.6. The number of aromatic nitrogens is 2. The van der Waals surface area contributed by atoms with Gasteiger partial charge in [-0.3, -0.25) is 4.79 Å². The third kappa shape index (κ3) is 4.90. The van der Waals surface area contributed by atoms with Crippen LogP contribution < -0.4 is 9.47 Å². The molecule has 6 heteroatoms. The molecule has 0 saturated heterocycles. The molecule has 0 aliphatic carbocycles. The van der Waals surface area contributed by atoms with E-state index in [0.29, 0.717) is 30.9 Å². The first-order valence-electron chi connectivity index (χ1n) is 10.4. The Morgan fingerprint density at radius 3 is 2.32 bits per heavy atom. The molecule has 1 aromatic heterocycles. The molecule has 2 aromatic carbocycles. The van der Waals surface area contributed by atoms with Gasteiger partial charge >= 0.3 is 0 Å². The average Bonchev–Trinajstić information content (AvgIpc) is 3.06. The predicted molar refractivity (Wildman–Crippen MR) is 122 cm³/mol. The van der Waals surface area contributed by atoms with E-state index in [9.17, 15) is 4.79 Å². The van der Waals surface area contributed by atoms with Crippen LogP contribution in [0.1, 0.15) is 34.5 Å². The molecule has 0 unspecified atom stereocenters. The minimum atomic E-state index is 0.0976. The van der Waals surface area contributed by atoms with E-state index in [1.54, 1.807) is 19.1 Å². The maximum atomic E-state index is 12.9. The summed E-state index contributed by atoms with van der Waals surface area (Å²) < 4.78 is 12.7. The smallest absolute Gasteiger partial charge is 0.222 e. The average molecular weight is 422 g/mol. The van der Waals surface area contributed by atoms with Crippen LogP contribution in [0, 0.1) is 20.8 Å². The van der Waals surface area contributed by atoms with Gasteiger partial charge in [-0.2, -0.15) is 5.10 Å². The largest absolute Gasteiger partial charge is 0.493 e. The van der Waals surface area contributed by atoms with Gasteiger partial charge in [-0.05, 0) is 68.1 Å². The first kappa shape index (κ1) is 22.4. The molecular formula is C25H31N3O3. The number of para-hydroxylation sites is 1. The van der Waals surface area contributed by atoms with Crippen molar-refractivity contribution in [3.05, 3.63) is 70.5 Å². The zero-order valence-electron chi connectivity index (χ0n) is 19.2. The Morgan fingerprint density at radius 2 is 1.68 bits per heavy atom. The van der Waals surface area contributed by atoms with Crippen LogP contribution >= 0.6 is 0 Å². The highest BCUT2D eigenvalue weighted by atomic mass is 16.5. The highest BCUT2D eigenvalue weighted by molar-refractivity contribution is 5.76. The van der Waals surface area contributed by atoms with Gasteiger partial charge < -0.3 is 14.4 Å². The lowest BCUT2D eigenvalue weighted by Gasteiger charge is -2.20. The second-order valence-electron chi connectivity index (χ2n) is 7.78. The molecular weight excluding hydrogens is 390 g/mol. The molecule has 6 nitrogen and oxygen atoms in total. The third-order valence-corrected chi connectivity index (χ3v) is 5.71. The van der Waals surface area contributed by atoms with Crippen molar-refractivity contribution in [1.82, 2.24) is 14.7 Å². The van der Waals surface area contributed by atoms with E-state index in [2.05, 4.69) is 12.0 Å². The van der Waals surface area contributed by atoms with Crippen LogP contribution in [0.2, 0.25) is 0 Å². The summed E-state index contributed by atoms with van der Waals surface area (Å²) in [7, 11) is 5.08. The fraction of sp³-hybridized carbons (Fsp3) is 0.360. The highest BCUT2D eigenvalue weighted by Crippen LogP contribution is 2.30. The summed E-state index contributed by atoms with van der Waals surface area (Å²) in [6.45, 7) is 6.60. The number of carbonyl (C=O) groups excluding carboxylic acids is 1. The number of ether oxygens (including phenoxy) is 2. The molecule has 3 aromatic rings. The number of hydrogen-bond acceptors (Lipinski definition) is 4. The van der Waals surface area contributed by atoms with Crippen LogP contribution in [0.3, 0.4) is 0 Å². The van der Waals surface area contributed by atoms with Crippen LogP contribution in [0.25, 0.3) is 5.69 Å². The van der Waals surface area contributed by atoms with Gasteiger partial charge in [0.05, 0.1) is 25.6 Å². The summed E-state index contributed by atoms with van der Waals surface area (Å²) in [5.41, 5.74) is 6.31. The minimum Gasteiger partial charge on any atom is -0.493 e. The highest BCUT2D eigenvalue weighted by Gasteiger charge is 2.17. The lowest BCUT2D eigenvalue weighted by molar-refractivity contribution is -0.130. The molecule has 0 N–H and O–H groups in total. The van der Waals surface area contributed by atoms with Crippen LogP contribution in [0.5, 0.6) is 11.5 Å². The van der Waals surface area contributed by atoms with Gasteiger partial charge in [0, 0.05) is 25.7 Å². The Bertz CT molecular complexity index is 1060. The van der Waals surface area contributed by atoms with Gasteiger partial charge in [0.25, 0.3) is 0 Å². The van der Waals surface area contributed by atoms with Gasteiger partial charge in [-0.25, -0.2) is 4.68 Å². The van der Waals surface area contributed by atoms with Crippen LogP contribution in [0.15, 0.2) is 42.5 Å². The van der Waals surface area contributed by atoms with Gasteiger partial charge in [-0.1, -0.05) is 18.2 Å². The molecule has 0 saturated carbocycles. The number of nitrogens with zero attached hydrogens (tertiary/aromatic N) is 3. The molecule has 3 rings (SSSR count). The Morgan fingerprint density at radius 1 is 1.03 bits per heavy atom. The van der Waals surface area contributed by atoms with E-state index in [0.717, 1.165) is 33.8 Å². The summed E-state index contributed by atoms with van der Waals surface area (Å²) in [6.07, 6.45) is 1.10. The van der Waals surface area contributed by atoms with Crippen LogP contribution in [-0.4, -0.2) is 41.9 Å². The number of hydrogen-bond donors (Lipinski definition) is 0. The van der Waals surface area contributed by atoms with E-state index in [-0.39, 0.29) is 5.91 Å².